The van der Waals surface area contributed by atoms with Gasteiger partial charge in [0.15, 0.2) is 0 Å². The number of nitrogens with one attached hydrogen (secondary N) is 1. The molecule has 1 N–H and O–H groups in total. The fraction of sp³-hybridized carbons (Fsp3) is 0.438. The maximum absolute atomic E-state index is 4.38. The summed E-state index contributed by atoms with van der Waals surface area (Å²) in [5, 5.41) is 7.93. The number of hydrogen-bond donors (Lipinski definition) is 1. The lowest BCUT2D eigenvalue weighted by atomic mass is 9.97. The van der Waals surface area contributed by atoms with Gasteiger partial charge in [-0.3, -0.25) is 4.68 Å². The Morgan fingerprint density at radius 2 is 1.95 bits per heavy atom. The van der Waals surface area contributed by atoms with E-state index in [0.29, 0.717) is 0 Å². The van der Waals surface area contributed by atoms with Crippen molar-refractivity contribution in [3.63, 3.8) is 0 Å². The highest BCUT2D eigenvalue weighted by atomic mass is 15.3. The van der Waals surface area contributed by atoms with Gasteiger partial charge in [0.2, 0.25) is 0 Å². The fourth-order valence-electron chi connectivity index (χ4n) is 2.28. The number of aromatic nitrogens is 2. The van der Waals surface area contributed by atoms with Gasteiger partial charge in [0.05, 0.1) is 12.2 Å². The summed E-state index contributed by atoms with van der Waals surface area (Å²) in [6.45, 7) is 10.4. The van der Waals surface area contributed by atoms with Gasteiger partial charge in [-0.1, -0.05) is 25.1 Å². The largest absolute Gasteiger partial charge is 0.306 e. The van der Waals surface area contributed by atoms with E-state index < -0.39 is 0 Å². The summed E-state index contributed by atoms with van der Waals surface area (Å²) in [5.41, 5.74) is 5.21. The Kier molecular flexibility index (Phi) is 4.38. The van der Waals surface area contributed by atoms with Crippen molar-refractivity contribution in [2.45, 2.75) is 40.3 Å². The van der Waals surface area contributed by atoms with Crippen molar-refractivity contribution in [1.29, 1.82) is 0 Å². The van der Waals surface area contributed by atoms with Crippen molar-refractivity contribution in [3.05, 3.63) is 52.8 Å². The zero-order valence-electron chi connectivity index (χ0n) is 12.3. The predicted octanol–water partition coefficient (Wildman–Crippen LogP) is 3.22. The summed E-state index contributed by atoms with van der Waals surface area (Å²) in [4.78, 5) is 0. The molecule has 1 unspecified atom stereocenters. The van der Waals surface area contributed by atoms with E-state index in [0.717, 1.165) is 13.1 Å². The van der Waals surface area contributed by atoms with E-state index in [9.17, 15) is 0 Å². The van der Waals surface area contributed by atoms with Crippen LogP contribution in [0.25, 0.3) is 0 Å². The van der Waals surface area contributed by atoms with Crippen LogP contribution in [0.4, 0.5) is 0 Å². The molecule has 2 aromatic rings. The zero-order valence-corrected chi connectivity index (χ0v) is 12.3. The summed E-state index contributed by atoms with van der Waals surface area (Å²) in [6.07, 6.45) is 4.09. The van der Waals surface area contributed by atoms with E-state index in [2.05, 4.69) is 62.5 Å². The molecule has 0 amide bonds. The molecule has 19 heavy (non-hydrogen) atoms. The Morgan fingerprint density at radius 3 is 2.53 bits per heavy atom. The first-order chi connectivity index (χ1) is 9.15. The smallest absolute Gasteiger partial charge is 0.0607 e. The van der Waals surface area contributed by atoms with E-state index in [1.54, 1.807) is 0 Å². The third-order valence-electron chi connectivity index (χ3n) is 3.58. The van der Waals surface area contributed by atoms with Crippen molar-refractivity contribution in [2.24, 2.45) is 0 Å². The van der Waals surface area contributed by atoms with E-state index >= 15 is 0 Å². The molecule has 0 bridgehead atoms. The van der Waals surface area contributed by atoms with E-state index in [1.165, 1.54) is 22.3 Å². The summed E-state index contributed by atoms with van der Waals surface area (Å²) < 4.78 is 1.97. The van der Waals surface area contributed by atoms with Gasteiger partial charge in [-0.15, -0.1) is 0 Å². The standard InChI is InChI=1S/C16H23N3/c1-5-17-16(15-10-18-19(6-2)11-15)14-8-7-12(3)13(4)9-14/h7-11,16-17H,5-6H2,1-4H3. The van der Waals surface area contributed by atoms with Crippen LogP contribution in [-0.2, 0) is 6.54 Å². The summed E-state index contributed by atoms with van der Waals surface area (Å²) in [6, 6.07) is 6.90. The molecule has 0 aliphatic rings. The van der Waals surface area contributed by atoms with Gasteiger partial charge >= 0.3 is 0 Å². The highest BCUT2D eigenvalue weighted by Crippen LogP contribution is 2.23. The first-order valence-corrected chi connectivity index (χ1v) is 6.98. The minimum absolute atomic E-state index is 0.226. The van der Waals surface area contributed by atoms with E-state index in [4.69, 9.17) is 0 Å². The molecule has 3 nitrogen and oxygen atoms in total. The Morgan fingerprint density at radius 1 is 1.16 bits per heavy atom. The van der Waals surface area contributed by atoms with Crippen LogP contribution >= 0.6 is 0 Å². The molecule has 0 saturated carbocycles. The lowest BCUT2D eigenvalue weighted by molar-refractivity contribution is 0.625. The third kappa shape index (κ3) is 3.04. The molecular formula is C16H23N3. The lowest BCUT2D eigenvalue weighted by Gasteiger charge is -2.18. The number of nitrogens with zero attached hydrogens (tertiary/aromatic N) is 2. The van der Waals surface area contributed by atoms with Crippen LogP contribution in [0.15, 0.2) is 30.6 Å². The normalized spacial score (nSPS) is 12.6. The van der Waals surface area contributed by atoms with Crippen LogP contribution in [0.2, 0.25) is 0 Å². The first-order valence-electron chi connectivity index (χ1n) is 6.98. The third-order valence-corrected chi connectivity index (χ3v) is 3.58. The Bertz CT molecular complexity index is 543. The van der Waals surface area contributed by atoms with Crippen LogP contribution in [-0.4, -0.2) is 16.3 Å². The molecule has 0 radical (unpaired) electrons. The van der Waals surface area contributed by atoms with E-state index in [1.807, 2.05) is 10.9 Å². The SMILES string of the molecule is CCNC(c1ccc(C)c(C)c1)c1cnn(CC)c1. The highest BCUT2D eigenvalue weighted by Gasteiger charge is 2.15. The molecule has 1 aromatic carbocycles. The van der Waals surface area contributed by atoms with Crippen molar-refractivity contribution >= 4 is 0 Å². The maximum Gasteiger partial charge on any atom is 0.0607 e. The molecule has 0 spiro atoms. The maximum atomic E-state index is 4.38. The second kappa shape index (κ2) is 6.02. The molecule has 1 heterocycles. The average molecular weight is 257 g/mol. The molecule has 0 saturated heterocycles. The quantitative estimate of drug-likeness (QED) is 0.891. The van der Waals surface area contributed by atoms with Crippen LogP contribution in [0.5, 0.6) is 0 Å². The summed E-state index contributed by atoms with van der Waals surface area (Å²) in [7, 11) is 0. The van der Waals surface area contributed by atoms with Crippen molar-refractivity contribution < 1.29 is 0 Å². The number of rotatable bonds is 5. The zero-order chi connectivity index (χ0) is 13.8. The van der Waals surface area contributed by atoms with Gasteiger partial charge in [0.25, 0.3) is 0 Å². The molecule has 0 aliphatic carbocycles. The van der Waals surface area contributed by atoms with E-state index in [-0.39, 0.29) is 6.04 Å². The van der Waals surface area contributed by atoms with Gasteiger partial charge in [-0.2, -0.15) is 5.10 Å². The minimum atomic E-state index is 0.226. The van der Waals surface area contributed by atoms with Gasteiger partial charge in [0, 0.05) is 18.3 Å². The summed E-state index contributed by atoms with van der Waals surface area (Å²) in [5.74, 6) is 0. The van der Waals surface area contributed by atoms with Gasteiger partial charge in [-0.05, 0) is 44.0 Å². The predicted molar refractivity (Wildman–Crippen MR) is 79.3 cm³/mol. The molecular weight excluding hydrogens is 234 g/mol. The Labute approximate surface area is 115 Å². The molecule has 102 valence electrons. The fourth-order valence-corrected chi connectivity index (χ4v) is 2.28. The van der Waals surface area contributed by atoms with Crippen LogP contribution in [0, 0.1) is 13.8 Å². The van der Waals surface area contributed by atoms with Gasteiger partial charge in [0.1, 0.15) is 0 Å². The average Bonchev–Trinajstić information content (AvgIpc) is 2.88. The van der Waals surface area contributed by atoms with Gasteiger partial charge < -0.3 is 5.32 Å². The van der Waals surface area contributed by atoms with Gasteiger partial charge in [-0.25, -0.2) is 0 Å². The van der Waals surface area contributed by atoms with Crippen molar-refractivity contribution in [1.82, 2.24) is 15.1 Å². The monoisotopic (exact) mass is 257 g/mol. The molecule has 0 fully saturated rings. The number of benzene rings is 1. The van der Waals surface area contributed by atoms with Crippen molar-refractivity contribution in [2.75, 3.05) is 6.54 Å². The minimum Gasteiger partial charge on any atom is -0.306 e. The van der Waals surface area contributed by atoms with Crippen LogP contribution < -0.4 is 5.32 Å². The van der Waals surface area contributed by atoms with Crippen LogP contribution in [0.1, 0.15) is 42.1 Å². The molecule has 2 rings (SSSR count). The second-order valence-corrected chi connectivity index (χ2v) is 4.96. The second-order valence-electron chi connectivity index (χ2n) is 4.96. The molecule has 1 atom stereocenters. The molecule has 1 aromatic heterocycles. The molecule has 3 heteroatoms. The Balaban J connectivity index is 2.35. The highest BCUT2D eigenvalue weighted by molar-refractivity contribution is 5.36. The van der Waals surface area contributed by atoms with Crippen LogP contribution in [0.3, 0.4) is 0 Å². The molecule has 0 aliphatic heterocycles. The number of hydrogen-bond acceptors (Lipinski definition) is 2. The Hall–Kier alpha value is -1.61. The number of aryl methyl sites for hydroxylation is 3. The summed E-state index contributed by atoms with van der Waals surface area (Å²) >= 11 is 0. The van der Waals surface area contributed by atoms with Crippen molar-refractivity contribution in [3.8, 4) is 0 Å². The topological polar surface area (TPSA) is 29.9 Å². The lowest BCUT2D eigenvalue weighted by Crippen LogP contribution is -2.21. The first kappa shape index (κ1) is 13.8.